The molecule has 6 nitrogen and oxygen atoms in total. The number of H-pyrrole nitrogens is 2. The smallest absolute Gasteiger partial charge is 0.317 e. The summed E-state index contributed by atoms with van der Waals surface area (Å²) < 4.78 is 0. The van der Waals surface area contributed by atoms with Crippen LogP contribution in [-0.2, 0) is 5.41 Å². The van der Waals surface area contributed by atoms with E-state index >= 15 is 0 Å². The Balaban J connectivity index is 1.58. The van der Waals surface area contributed by atoms with Crippen LogP contribution in [0.3, 0.4) is 0 Å². The molecule has 1 fully saturated rings. The minimum absolute atomic E-state index is 0.0439. The average Bonchev–Trinajstić information content (AvgIpc) is 3.15. The first-order chi connectivity index (χ1) is 14.2. The van der Waals surface area contributed by atoms with E-state index in [0.717, 1.165) is 36.5 Å². The molecular formula is C22H20ClN5O. The minimum Gasteiger partial charge on any atom is -0.317 e. The fourth-order valence-corrected chi connectivity index (χ4v) is 4.51. The lowest BCUT2D eigenvalue weighted by Crippen LogP contribution is -2.40. The lowest BCUT2D eigenvalue weighted by Gasteiger charge is -2.39. The molecule has 0 bridgehead atoms. The highest BCUT2D eigenvalue weighted by Crippen LogP contribution is 2.41. The first-order valence-corrected chi connectivity index (χ1v) is 10.0. The molecule has 0 atom stereocenters. The Hall–Kier alpha value is -2.96. The van der Waals surface area contributed by atoms with Crippen molar-refractivity contribution in [2.75, 3.05) is 13.1 Å². The lowest BCUT2D eigenvalue weighted by molar-refractivity contribution is 0.362. The molecular weight excluding hydrogens is 386 g/mol. The first-order valence-electron chi connectivity index (χ1n) is 9.66. The number of piperidine rings is 1. The molecule has 1 saturated heterocycles. The van der Waals surface area contributed by atoms with Crippen LogP contribution in [0.15, 0.2) is 59.7 Å². The van der Waals surface area contributed by atoms with Gasteiger partial charge in [-0.25, -0.2) is 14.8 Å². The highest BCUT2D eigenvalue weighted by atomic mass is 35.5. The number of halogens is 1. The maximum Gasteiger partial charge on any atom is 0.325 e. The van der Waals surface area contributed by atoms with E-state index in [2.05, 4.69) is 61.7 Å². The molecule has 3 N–H and O–H groups in total. The van der Waals surface area contributed by atoms with Crippen molar-refractivity contribution in [1.82, 2.24) is 25.3 Å². The van der Waals surface area contributed by atoms with Gasteiger partial charge in [-0.3, -0.25) is 4.98 Å². The standard InChI is InChI=1S/C22H20ClN5O/c23-17-7-5-16(6-8-17)22(9-11-24-12-10-22)15-3-1-14(2-4-15)18-19-20(26-13-25-18)28-21(29)27-19/h1-8,13,24H,9-12H2,(H2,25,26,27,28,29). The molecule has 2 aromatic carbocycles. The van der Waals surface area contributed by atoms with E-state index in [4.69, 9.17) is 11.6 Å². The third-order valence-corrected chi connectivity index (χ3v) is 6.13. The summed E-state index contributed by atoms with van der Waals surface area (Å²) in [7, 11) is 0. The monoisotopic (exact) mass is 405 g/mol. The van der Waals surface area contributed by atoms with Gasteiger partial charge in [-0.05, 0) is 49.2 Å². The Bertz CT molecular complexity index is 1200. The first kappa shape index (κ1) is 18.1. The lowest BCUT2D eigenvalue weighted by atomic mass is 9.68. The summed E-state index contributed by atoms with van der Waals surface area (Å²) >= 11 is 6.13. The number of benzene rings is 2. The van der Waals surface area contributed by atoms with Crippen molar-refractivity contribution >= 4 is 22.8 Å². The van der Waals surface area contributed by atoms with E-state index in [-0.39, 0.29) is 11.1 Å². The number of hydrogen-bond acceptors (Lipinski definition) is 4. The zero-order valence-corrected chi connectivity index (χ0v) is 16.5. The third-order valence-electron chi connectivity index (χ3n) is 5.88. The van der Waals surface area contributed by atoms with Crippen LogP contribution < -0.4 is 11.0 Å². The Kier molecular flexibility index (Phi) is 4.45. The van der Waals surface area contributed by atoms with Crippen LogP contribution in [0.4, 0.5) is 0 Å². The molecule has 0 unspecified atom stereocenters. The fraction of sp³-hybridized carbons (Fsp3) is 0.227. The van der Waals surface area contributed by atoms with Crippen LogP contribution in [0, 0.1) is 0 Å². The fourth-order valence-electron chi connectivity index (χ4n) is 4.38. The zero-order chi connectivity index (χ0) is 19.8. The summed E-state index contributed by atoms with van der Waals surface area (Å²) in [6.07, 6.45) is 3.52. The average molecular weight is 406 g/mol. The normalized spacial score (nSPS) is 16.2. The molecule has 4 aromatic rings. The van der Waals surface area contributed by atoms with Crippen LogP contribution in [0.5, 0.6) is 0 Å². The van der Waals surface area contributed by atoms with Crippen molar-refractivity contribution < 1.29 is 0 Å². The van der Waals surface area contributed by atoms with Crippen molar-refractivity contribution in [3.05, 3.63) is 81.5 Å². The number of fused-ring (bicyclic) bond motifs is 1. The summed E-state index contributed by atoms with van der Waals surface area (Å²) in [5, 5.41) is 4.22. The van der Waals surface area contributed by atoms with Gasteiger partial charge in [0.15, 0.2) is 5.65 Å². The van der Waals surface area contributed by atoms with Gasteiger partial charge in [0, 0.05) is 16.0 Å². The predicted molar refractivity (Wildman–Crippen MR) is 114 cm³/mol. The molecule has 0 spiro atoms. The molecule has 2 aromatic heterocycles. The number of aromatic amines is 2. The number of nitrogens with zero attached hydrogens (tertiary/aromatic N) is 2. The molecule has 0 aliphatic carbocycles. The largest absolute Gasteiger partial charge is 0.325 e. The second-order valence-corrected chi connectivity index (χ2v) is 7.88. The molecule has 1 aliphatic rings. The van der Waals surface area contributed by atoms with Crippen LogP contribution in [0.25, 0.3) is 22.4 Å². The van der Waals surface area contributed by atoms with Gasteiger partial charge in [0.25, 0.3) is 0 Å². The van der Waals surface area contributed by atoms with Gasteiger partial charge in [0.05, 0.1) is 5.69 Å². The van der Waals surface area contributed by atoms with E-state index in [1.807, 2.05) is 12.1 Å². The highest BCUT2D eigenvalue weighted by Gasteiger charge is 2.35. The molecule has 0 radical (unpaired) electrons. The maximum absolute atomic E-state index is 11.7. The van der Waals surface area contributed by atoms with Crippen LogP contribution in [0.2, 0.25) is 5.02 Å². The zero-order valence-electron chi connectivity index (χ0n) is 15.7. The van der Waals surface area contributed by atoms with E-state index < -0.39 is 0 Å². The van der Waals surface area contributed by atoms with Crippen molar-refractivity contribution in [3.8, 4) is 11.3 Å². The summed E-state index contributed by atoms with van der Waals surface area (Å²) in [5.74, 6) is 0. The van der Waals surface area contributed by atoms with Gasteiger partial charge in [-0.15, -0.1) is 0 Å². The predicted octanol–water partition coefficient (Wildman–Crippen LogP) is 3.64. The molecule has 0 saturated carbocycles. The third kappa shape index (κ3) is 3.14. The topological polar surface area (TPSA) is 86.5 Å². The summed E-state index contributed by atoms with van der Waals surface area (Å²) in [5.41, 5.74) is 5.03. The molecule has 146 valence electrons. The van der Waals surface area contributed by atoms with Crippen LogP contribution >= 0.6 is 11.6 Å². The van der Waals surface area contributed by atoms with E-state index in [9.17, 15) is 4.79 Å². The molecule has 3 heterocycles. The SMILES string of the molecule is O=c1[nH]c2ncnc(-c3ccc(C4(c5ccc(Cl)cc5)CCNCC4)cc3)c2[nH]1. The molecule has 29 heavy (non-hydrogen) atoms. The number of hydrogen-bond donors (Lipinski definition) is 3. The van der Waals surface area contributed by atoms with Crippen molar-refractivity contribution in [1.29, 1.82) is 0 Å². The summed E-state index contributed by atoms with van der Waals surface area (Å²) in [6, 6.07) is 16.7. The number of nitrogens with one attached hydrogen (secondary N) is 3. The quantitative estimate of drug-likeness (QED) is 0.485. The number of aromatic nitrogens is 4. The highest BCUT2D eigenvalue weighted by molar-refractivity contribution is 6.30. The molecule has 0 amide bonds. The van der Waals surface area contributed by atoms with Gasteiger partial charge in [-0.2, -0.15) is 0 Å². The van der Waals surface area contributed by atoms with Crippen LogP contribution in [0.1, 0.15) is 24.0 Å². The maximum atomic E-state index is 11.7. The van der Waals surface area contributed by atoms with E-state index in [0.29, 0.717) is 16.9 Å². The number of rotatable bonds is 3. The summed E-state index contributed by atoms with van der Waals surface area (Å²) in [6.45, 7) is 1.95. The minimum atomic E-state index is -0.283. The van der Waals surface area contributed by atoms with Gasteiger partial charge < -0.3 is 10.3 Å². The Morgan fingerprint density at radius 1 is 0.862 bits per heavy atom. The Morgan fingerprint density at radius 3 is 2.21 bits per heavy atom. The Morgan fingerprint density at radius 2 is 1.52 bits per heavy atom. The Labute approximate surface area is 172 Å². The molecule has 5 rings (SSSR count). The van der Waals surface area contributed by atoms with Gasteiger partial charge in [0.1, 0.15) is 11.8 Å². The second-order valence-electron chi connectivity index (χ2n) is 7.44. The molecule has 7 heteroatoms. The summed E-state index contributed by atoms with van der Waals surface area (Å²) in [4.78, 5) is 25.6. The van der Waals surface area contributed by atoms with Crippen molar-refractivity contribution in [2.24, 2.45) is 0 Å². The van der Waals surface area contributed by atoms with Gasteiger partial charge in [-0.1, -0.05) is 48.0 Å². The molecule has 1 aliphatic heterocycles. The van der Waals surface area contributed by atoms with E-state index in [1.54, 1.807) is 0 Å². The number of imidazole rings is 1. The van der Waals surface area contributed by atoms with Crippen molar-refractivity contribution in [3.63, 3.8) is 0 Å². The van der Waals surface area contributed by atoms with Gasteiger partial charge >= 0.3 is 5.69 Å². The van der Waals surface area contributed by atoms with E-state index in [1.165, 1.54) is 17.5 Å². The van der Waals surface area contributed by atoms with Gasteiger partial charge in [0.2, 0.25) is 0 Å². The van der Waals surface area contributed by atoms with Crippen molar-refractivity contribution in [2.45, 2.75) is 18.3 Å². The second kappa shape index (κ2) is 7.13. The van der Waals surface area contributed by atoms with Crippen LogP contribution in [-0.4, -0.2) is 33.0 Å².